The summed E-state index contributed by atoms with van der Waals surface area (Å²) in [6, 6.07) is 0. The number of hydrogen-bond donors (Lipinski definition) is 1. The largest absolute Gasteiger partial charge is 0.347 e. The van der Waals surface area contributed by atoms with Crippen molar-refractivity contribution in [2.24, 2.45) is 5.73 Å². The zero-order chi connectivity index (χ0) is 11.8. The SMILES string of the molecule is CN(C)C(=O)CN(C)C(=O)CCCCN. The van der Waals surface area contributed by atoms with E-state index in [1.165, 1.54) is 9.80 Å². The number of carbonyl (C=O) groups excluding carboxylic acids is 2. The van der Waals surface area contributed by atoms with E-state index in [9.17, 15) is 9.59 Å². The number of amides is 2. The number of carbonyl (C=O) groups is 2. The first-order valence-electron chi connectivity index (χ1n) is 5.13. The summed E-state index contributed by atoms with van der Waals surface area (Å²) in [7, 11) is 5.00. The molecule has 2 N–H and O–H groups in total. The molecule has 0 radical (unpaired) electrons. The third-order valence-corrected chi connectivity index (χ3v) is 2.14. The van der Waals surface area contributed by atoms with E-state index in [2.05, 4.69) is 0 Å². The smallest absolute Gasteiger partial charge is 0.241 e. The molecule has 0 rings (SSSR count). The average Bonchev–Trinajstić information content (AvgIpc) is 2.17. The highest BCUT2D eigenvalue weighted by Crippen LogP contribution is 1.98. The number of nitrogens with two attached hydrogens (primary N) is 1. The summed E-state index contributed by atoms with van der Waals surface area (Å²) in [5.41, 5.74) is 5.33. The maximum absolute atomic E-state index is 11.5. The van der Waals surface area contributed by atoms with Crippen LogP contribution in [0.4, 0.5) is 0 Å². The Hall–Kier alpha value is -1.10. The lowest BCUT2D eigenvalue weighted by molar-refractivity contribution is -0.138. The fourth-order valence-electron chi connectivity index (χ4n) is 1.04. The lowest BCUT2D eigenvalue weighted by Gasteiger charge is -2.19. The van der Waals surface area contributed by atoms with Gasteiger partial charge in [-0.25, -0.2) is 0 Å². The first-order chi connectivity index (χ1) is 6.99. The number of nitrogens with zero attached hydrogens (tertiary/aromatic N) is 2. The minimum absolute atomic E-state index is 0.00125. The molecule has 15 heavy (non-hydrogen) atoms. The molecule has 5 heteroatoms. The van der Waals surface area contributed by atoms with Crippen molar-refractivity contribution < 1.29 is 9.59 Å². The van der Waals surface area contributed by atoms with Crippen molar-refractivity contribution in [3.8, 4) is 0 Å². The second-order valence-corrected chi connectivity index (χ2v) is 3.78. The van der Waals surface area contributed by atoms with E-state index in [1.54, 1.807) is 21.1 Å². The number of likely N-dealkylation sites (N-methyl/N-ethyl adjacent to an activating group) is 2. The van der Waals surface area contributed by atoms with Gasteiger partial charge >= 0.3 is 0 Å². The predicted octanol–water partition coefficient (Wildman–Crippen LogP) is -0.338. The molecule has 0 aromatic rings. The van der Waals surface area contributed by atoms with Crippen molar-refractivity contribution in [2.75, 3.05) is 34.2 Å². The molecular weight excluding hydrogens is 194 g/mol. The molecule has 0 unspecified atom stereocenters. The highest BCUT2D eigenvalue weighted by atomic mass is 16.2. The summed E-state index contributed by atoms with van der Waals surface area (Å²) >= 11 is 0. The minimum Gasteiger partial charge on any atom is -0.347 e. The van der Waals surface area contributed by atoms with Crippen LogP contribution in [0.3, 0.4) is 0 Å². The van der Waals surface area contributed by atoms with Crippen LogP contribution in [-0.2, 0) is 9.59 Å². The van der Waals surface area contributed by atoms with Crippen LogP contribution in [0.15, 0.2) is 0 Å². The van der Waals surface area contributed by atoms with E-state index < -0.39 is 0 Å². The molecule has 2 amide bonds. The first kappa shape index (κ1) is 13.9. The number of unbranched alkanes of at least 4 members (excludes halogenated alkanes) is 1. The van der Waals surface area contributed by atoms with Crippen molar-refractivity contribution in [1.29, 1.82) is 0 Å². The second-order valence-electron chi connectivity index (χ2n) is 3.78. The Balaban J connectivity index is 3.83. The molecule has 0 saturated carbocycles. The molecule has 0 atom stereocenters. The number of rotatable bonds is 6. The van der Waals surface area contributed by atoms with E-state index in [4.69, 9.17) is 5.73 Å². The standard InChI is InChI=1S/C10H21N3O2/c1-12(2)10(15)8-13(3)9(14)6-4-5-7-11/h4-8,11H2,1-3H3. The van der Waals surface area contributed by atoms with Gasteiger partial charge in [0.1, 0.15) is 0 Å². The maximum Gasteiger partial charge on any atom is 0.241 e. The van der Waals surface area contributed by atoms with Crippen LogP contribution >= 0.6 is 0 Å². The van der Waals surface area contributed by atoms with Crippen molar-refractivity contribution in [3.63, 3.8) is 0 Å². The lowest BCUT2D eigenvalue weighted by atomic mass is 10.2. The van der Waals surface area contributed by atoms with Gasteiger partial charge in [-0.3, -0.25) is 9.59 Å². The maximum atomic E-state index is 11.5. The van der Waals surface area contributed by atoms with Gasteiger partial charge in [-0.05, 0) is 19.4 Å². The van der Waals surface area contributed by atoms with Crippen molar-refractivity contribution in [1.82, 2.24) is 9.80 Å². The van der Waals surface area contributed by atoms with Crippen LogP contribution in [0.2, 0.25) is 0 Å². The van der Waals surface area contributed by atoms with Gasteiger partial charge in [-0.1, -0.05) is 0 Å². The topological polar surface area (TPSA) is 66.6 Å². The fraction of sp³-hybridized carbons (Fsp3) is 0.800. The van der Waals surface area contributed by atoms with Crippen LogP contribution < -0.4 is 5.73 Å². The summed E-state index contributed by atoms with van der Waals surface area (Å²) in [6.45, 7) is 0.752. The highest BCUT2D eigenvalue weighted by molar-refractivity contribution is 5.84. The monoisotopic (exact) mass is 215 g/mol. The zero-order valence-electron chi connectivity index (χ0n) is 9.82. The van der Waals surface area contributed by atoms with Crippen LogP contribution in [0.5, 0.6) is 0 Å². The molecule has 0 aromatic heterocycles. The fourth-order valence-corrected chi connectivity index (χ4v) is 1.04. The Morgan fingerprint density at radius 3 is 2.13 bits per heavy atom. The third-order valence-electron chi connectivity index (χ3n) is 2.14. The van der Waals surface area contributed by atoms with Gasteiger partial charge in [-0.15, -0.1) is 0 Å². The van der Waals surface area contributed by atoms with Gasteiger partial charge in [0.2, 0.25) is 11.8 Å². The van der Waals surface area contributed by atoms with Gasteiger partial charge < -0.3 is 15.5 Å². The van der Waals surface area contributed by atoms with Crippen LogP contribution in [-0.4, -0.2) is 55.8 Å². The average molecular weight is 215 g/mol. The van der Waals surface area contributed by atoms with Crippen molar-refractivity contribution >= 4 is 11.8 Å². The molecular formula is C10H21N3O2. The molecule has 0 heterocycles. The van der Waals surface area contributed by atoms with E-state index in [1.807, 2.05) is 0 Å². The molecule has 88 valence electrons. The number of hydrogen-bond acceptors (Lipinski definition) is 3. The van der Waals surface area contributed by atoms with Crippen molar-refractivity contribution in [2.45, 2.75) is 19.3 Å². The van der Waals surface area contributed by atoms with Crippen molar-refractivity contribution in [3.05, 3.63) is 0 Å². The van der Waals surface area contributed by atoms with Gasteiger partial charge in [0.05, 0.1) is 6.54 Å². The predicted molar refractivity (Wildman–Crippen MR) is 59.2 cm³/mol. The van der Waals surface area contributed by atoms with Crippen LogP contribution in [0.25, 0.3) is 0 Å². The lowest BCUT2D eigenvalue weighted by Crippen LogP contribution is -2.37. The summed E-state index contributed by atoms with van der Waals surface area (Å²) in [5.74, 6) is -0.0664. The Morgan fingerprint density at radius 2 is 1.67 bits per heavy atom. The molecule has 0 aliphatic rings. The second kappa shape index (κ2) is 7.23. The summed E-state index contributed by atoms with van der Waals surface area (Å²) in [6.07, 6.45) is 2.10. The molecule has 0 aliphatic heterocycles. The quantitative estimate of drug-likeness (QED) is 0.616. The highest BCUT2D eigenvalue weighted by Gasteiger charge is 2.13. The first-order valence-corrected chi connectivity index (χ1v) is 5.13. The van der Waals surface area contributed by atoms with Gasteiger partial charge in [0, 0.05) is 27.6 Å². The normalized spacial score (nSPS) is 9.87. The van der Waals surface area contributed by atoms with E-state index >= 15 is 0 Å². The molecule has 0 fully saturated rings. The molecule has 0 bridgehead atoms. The summed E-state index contributed by atoms with van der Waals surface area (Å²) in [5, 5.41) is 0. The molecule has 0 saturated heterocycles. The van der Waals surface area contributed by atoms with Crippen LogP contribution in [0, 0.1) is 0 Å². The van der Waals surface area contributed by atoms with Crippen LogP contribution in [0.1, 0.15) is 19.3 Å². The molecule has 0 aliphatic carbocycles. The summed E-state index contributed by atoms with van der Waals surface area (Å²) in [4.78, 5) is 25.7. The summed E-state index contributed by atoms with van der Waals surface area (Å²) < 4.78 is 0. The Bertz CT molecular complexity index is 217. The third kappa shape index (κ3) is 6.06. The van der Waals surface area contributed by atoms with Gasteiger partial charge in [0.15, 0.2) is 0 Å². The van der Waals surface area contributed by atoms with E-state index in [-0.39, 0.29) is 18.4 Å². The zero-order valence-corrected chi connectivity index (χ0v) is 9.82. The van der Waals surface area contributed by atoms with E-state index in [0.717, 1.165) is 12.8 Å². The minimum atomic E-state index is -0.0651. The Kier molecular flexibility index (Phi) is 6.70. The Labute approximate surface area is 91.2 Å². The Morgan fingerprint density at radius 1 is 1.07 bits per heavy atom. The molecule has 0 aromatic carbocycles. The molecule has 0 spiro atoms. The molecule has 5 nitrogen and oxygen atoms in total. The van der Waals surface area contributed by atoms with Gasteiger partial charge in [0.25, 0.3) is 0 Å². The van der Waals surface area contributed by atoms with E-state index in [0.29, 0.717) is 13.0 Å². The van der Waals surface area contributed by atoms with Gasteiger partial charge in [-0.2, -0.15) is 0 Å².